The van der Waals surface area contributed by atoms with Crippen LogP contribution in [0.3, 0.4) is 0 Å². The molecular formula is C18H21NO. The normalized spacial score (nSPS) is 11.2. The minimum atomic E-state index is 0.154. The van der Waals surface area contributed by atoms with Crippen molar-refractivity contribution in [3.8, 4) is 11.5 Å². The fraction of sp³-hybridized carbons (Fsp3) is 0.278. The second-order valence-corrected chi connectivity index (χ2v) is 6.03. The Morgan fingerprint density at radius 2 is 1.30 bits per heavy atom. The van der Waals surface area contributed by atoms with Gasteiger partial charge in [0.2, 0.25) is 0 Å². The molecule has 104 valence electrons. The number of hydrogen-bond donors (Lipinski definition) is 1. The van der Waals surface area contributed by atoms with Gasteiger partial charge in [-0.15, -0.1) is 0 Å². The summed E-state index contributed by atoms with van der Waals surface area (Å²) < 4.78 is 5.81. The Kier molecular flexibility index (Phi) is 3.93. The number of hydrogen-bond acceptors (Lipinski definition) is 2. The van der Waals surface area contributed by atoms with Crippen molar-refractivity contribution in [1.29, 1.82) is 5.41 Å². The van der Waals surface area contributed by atoms with Gasteiger partial charge in [-0.1, -0.05) is 32.9 Å². The highest BCUT2D eigenvalue weighted by molar-refractivity contribution is 5.96. The van der Waals surface area contributed by atoms with Gasteiger partial charge in [-0.3, -0.25) is 0 Å². The van der Waals surface area contributed by atoms with Crippen molar-refractivity contribution in [3.63, 3.8) is 0 Å². The monoisotopic (exact) mass is 267 g/mol. The molecule has 0 aliphatic heterocycles. The van der Waals surface area contributed by atoms with Crippen molar-refractivity contribution in [2.75, 3.05) is 0 Å². The Bertz CT molecular complexity index is 589. The minimum Gasteiger partial charge on any atom is -0.457 e. The molecule has 0 atom stereocenters. The molecule has 2 nitrogen and oxygen atoms in total. The standard InChI is InChI=1S/C18H21NO/c1-13(19)14-5-9-16(10-6-14)20-17-11-7-15(8-12-17)18(2,3)4/h5-12,19H,1-4H3. The molecule has 20 heavy (non-hydrogen) atoms. The summed E-state index contributed by atoms with van der Waals surface area (Å²) in [6, 6.07) is 15.8. The maximum atomic E-state index is 7.57. The molecule has 2 aromatic rings. The molecule has 0 aromatic heterocycles. The van der Waals surface area contributed by atoms with E-state index in [1.165, 1.54) is 5.56 Å². The van der Waals surface area contributed by atoms with E-state index >= 15 is 0 Å². The highest BCUT2D eigenvalue weighted by Gasteiger charge is 2.13. The second kappa shape index (κ2) is 5.49. The zero-order valence-electron chi connectivity index (χ0n) is 12.5. The van der Waals surface area contributed by atoms with E-state index < -0.39 is 0 Å². The number of nitrogens with one attached hydrogen (secondary N) is 1. The molecule has 0 spiro atoms. The molecule has 0 unspecified atom stereocenters. The van der Waals surface area contributed by atoms with Crippen LogP contribution in [-0.4, -0.2) is 5.71 Å². The van der Waals surface area contributed by atoms with Gasteiger partial charge in [0.1, 0.15) is 11.5 Å². The van der Waals surface area contributed by atoms with Crippen LogP contribution in [0.25, 0.3) is 0 Å². The summed E-state index contributed by atoms with van der Waals surface area (Å²) in [6.07, 6.45) is 0. The van der Waals surface area contributed by atoms with E-state index in [9.17, 15) is 0 Å². The Morgan fingerprint density at radius 3 is 1.70 bits per heavy atom. The van der Waals surface area contributed by atoms with Gasteiger partial charge in [0.05, 0.1) is 0 Å². The largest absolute Gasteiger partial charge is 0.457 e. The SMILES string of the molecule is CC(=N)c1ccc(Oc2ccc(C(C)(C)C)cc2)cc1. The van der Waals surface area contributed by atoms with E-state index in [0.29, 0.717) is 5.71 Å². The van der Waals surface area contributed by atoms with Gasteiger partial charge in [0.15, 0.2) is 0 Å². The van der Waals surface area contributed by atoms with Crippen LogP contribution in [0.4, 0.5) is 0 Å². The van der Waals surface area contributed by atoms with E-state index in [-0.39, 0.29) is 5.41 Å². The van der Waals surface area contributed by atoms with Crippen LogP contribution in [0, 0.1) is 5.41 Å². The lowest BCUT2D eigenvalue weighted by Gasteiger charge is -2.19. The first-order valence-electron chi connectivity index (χ1n) is 6.80. The zero-order chi connectivity index (χ0) is 14.8. The fourth-order valence-electron chi connectivity index (χ4n) is 1.93. The molecule has 0 aliphatic rings. The second-order valence-electron chi connectivity index (χ2n) is 6.03. The smallest absolute Gasteiger partial charge is 0.127 e. The van der Waals surface area contributed by atoms with Gasteiger partial charge in [0, 0.05) is 5.71 Å². The summed E-state index contributed by atoms with van der Waals surface area (Å²) in [5.74, 6) is 1.62. The topological polar surface area (TPSA) is 33.1 Å². The van der Waals surface area contributed by atoms with Crippen molar-refractivity contribution in [1.82, 2.24) is 0 Å². The van der Waals surface area contributed by atoms with E-state index in [4.69, 9.17) is 10.1 Å². The lowest BCUT2D eigenvalue weighted by molar-refractivity contribution is 0.481. The van der Waals surface area contributed by atoms with Crippen molar-refractivity contribution >= 4 is 5.71 Å². The van der Waals surface area contributed by atoms with Crippen LogP contribution in [-0.2, 0) is 5.41 Å². The first-order chi connectivity index (χ1) is 9.36. The average molecular weight is 267 g/mol. The van der Waals surface area contributed by atoms with E-state index in [1.807, 2.05) is 36.4 Å². The van der Waals surface area contributed by atoms with Gasteiger partial charge >= 0.3 is 0 Å². The summed E-state index contributed by atoms with van der Waals surface area (Å²) in [7, 11) is 0. The van der Waals surface area contributed by atoms with E-state index in [2.05, 4.69) is 32.9 Å². The summed E-state index contributed by atoms with van der Waals surface area (Å²) in [6.45, 7) is 8.37. The average Bonchev–Trinajstić information content (AvgIpc) is 2.39. The van der Waals surface area contributed by atoms with Crippen molar-refractivity contribution < 1.29 is 4.74 Å². The van der Waals surface area contributed by atoms with Crippen LogP contribution in [0.15, 0.2) is 48.5 Å². The molecule has 0 heterocycles. The summed E-state index contributed by atoms with van der Waals surface area (Å²) in [4.78, 5) is 0. The number of rotatable bonds is 3. The predicted molar refractivity (Wildman–Crippen MR) is 84.2 cm³/mol. The Morgan fingerprint density at radius 1 is 0.850 bits per heavy atom. The van der Waals surface area contributed by atoms with Crippen molar-refractivity contribution in [3.05, 3.63) is 59.7 Å². The van der Waals surface area contributed by atoms with Crippen LogP contribution < -0.4 is 4.74 Å². The third-order valence-electron chi connectivity index (χ3n) is 3.24. The molecule has 2 heteroatoms. The molecule has 0 bridgehead atoms. The molecule has 1 N–H and O–H groups in total. The summed E-state index contributed by atoms with van der Waals surface area (Å²) in [5.41, 5.74) is 2.92. The van der Waals surface area contributed by atoms with Crippen LogP contribution in [0.2, 0.25) is 0 Å². The van der Waals surface area contributed by atoms with Gasteiger partial charge in [-0.05, 0) is 59.9 Å². The first kappa shape index (κ1) is 14.3. The lowest BCUT2D eigenvalue weighted by Crippen LogP contribution is -2.10. The first-order valence-corrected chi connectivity index (χ1v) is 6.80. The van der Waals surface area contributed by atoms with Crippen molar-refractivity contribution in [2.24, 2.45) is 0 Å². The third-order valence-corrected chi connectivity index (χ3v) is 3.24. The number of benzene rings is 2. The quantitative estimate of drug-likeness (QED) is 0.765. The maximum Gasteiger partial charge on any atom is 0.127 e. The molecule has 0 radical (unpaired) electrons. The Labute approximate surface area is 120 Å². The molecule has 2 aromatic carbocycles. The molecule has 0 saturated heterocycles. The number of ether oxygens (including phenoxy) is 1. The third kappa shape index (κ3) is 3.47. The predicted octanol–water partition coefficient (Wildman–Crippen LogP) is 5.16. The Balaban J connectivity index is 2.12. The molecule has 0 amide bonds. The molecule has 0 saturated carbocycles. The highest BCUT2D eigenvalue weighted by Crippen LogP contribution is 2.27. The molecule has 2 rings (SSSR count). The van der Waals surface area contributed by atoms with Gasteiger partial charge < -0.3 is 10.1 Å². The molecular weight excluding hydrogens is 246 g/mol. The van der Waals surface area contributed by atoms with Crippen molar-refractivity contribution in [2.45, 2.75) is 33.1 Å². The minimum absolute atomic E-state index is 0.154. The van der Waals surface area contributed by atoms with E-state index in [1.54, 1.807) is 6.92 Å². The maximum absolute atomic E-state index is 7.57. The fourth-order valence-corrected chi connectivity index (χ4v) is 1.93. The van der Waals surface area contributed by atoms with Crippen LogP contribution in [0.1, 0.15) is 38.8 Å². The lowest BCUT2D eigenvalue weighted by atomic mass is 9.87. The highest BCUT2D eigenvalue weighted by atomic mass is 16.5. The zero-order valence-corrected chi connectivity index (χ0v) is 12.5. The van der Waals surface area contributed by atoms with E-state index in [0.717, 1.165) is 17.1 Å². The molecule has 0 fully saturated rings. The summed E-state index contributed by atoms with van der Waals surface area (Å²) >= 11 is 0. The van der Waals surface area contributed by atoms with Gasteiger partial charge in [-0.2, -0.15) is 0 Å². The summed E-state index contributed by atoms with van der Waals surface area (Å²) in [5, 5.41) is 7.57. The Hall–Kier alpha value is -2.09. The van der Waals surface area contributed by atoms with Crippen LogP contribution in [0.5, 0.6) is 11.5 Å². The van der Waals surface area contributed by atoms with Gasteiger partial charge in [-0.25, -0.2) is 0 Å². The van der Waals surface area contributed by atoms with Crippen LogP contribution >= 0.6 is 0 Å². The molecule has 0 aliphatic carbocycles. The van der Waals surface area contributed by atoms with Gasteiger partial charge in [0.25, 0.3) is 0 Å².